The number of rotatable bonds is 3. The van der Waals surface area contributed by atoms with Crippen LogP contribution < -0.4 is 0 Å². The fourth-order valence-electron chi connectivity index (χ4n) is 3.59. The molecular weight excluding hydrogens is 312 g/mol. The molecule has 1 saturated heterocycles. The summed E-state index contributed by atoms with van der Waals surface area (Å²) in [6.45, 7) is 3.98. The number of amides is 1. The predicted molar refractivity (Wildman–Crippen MR) is 95.4 cm³/mol. The summed E-state index contributed by atoms with van der Waals surface area (Å²) in [6.07, 6.45) is 2.88. The zero-order valence-corrected chi connectivity index (χ0v) is 14.8. The van der Waals surface area contributed by atoms with E-state index in [1.54, 1.807) is 4.90 Å². The monoisotopic (exact) mass is 336 g/mol. The van der Waals surface area contributed by atoms with Crippen molar-refractivity contribution in [2.24, 2.45) is 11.8 Å². The van der Waals surface area contributed by atoms with Crippen LogP contribution in [-0.2, 0) is 4.79 Å². The molecule has 1 saturated carbocycles. The molecule has 25 heavy (non-hydrogen) atoms. The molecule has 0 spiro atoms. The third-order valence-electron chi connectivity index (χ3n) is 5.24. The van der Waals surface area contributed by atoms with Crippen molar-refractivity contribution in [2.45, 2.75) is 51.1 Å². The van der Waals surface area contributed by atoms with Gasteiger partial charge in [-0.25, -0.2) is 0 Å². The molecule has 2 aliphatic rings. The Hall–Kier alpha value is -2.30. The normalized spacial score (nSPS) is 25.4. The minimum absolute atomic E-state index is 0.0347. The molecule has 1 aromatic carbocycles. The highest BCUT2D eigenvalue weighted by Gasteiger charge is 2.53. The molecule has 1 aliphatic carbocycles. The topological polar surface area (TPSA) is 64.3 Å². The lowest BCUT2D eigenvalue weighted by molar-refractivity contribution is -0.154. The lowest BCUT2D eigenvalue weighted by Crippen LogP contribution is -2.66. The van der Waals surface area contributed by atoms with Crippen molar-refractivity contribution < 1.29 is 9.90 Å². The van der Waals surface area contributed by atoms with E-state index >= 15 is 0 Å². The number of carbonyl (C=O) groups is 1. The molecule has 3 rings (SSSR count). The summed E-state index contributed by atoms with van der Waals surface area (Å²) in [7, 11) is 0. The summed E-state index contributed by atoms with van der Waals surface area (Å²) < 4.78 is 0. The van der Waals surface area contributed by atoms with Crippen molar-refractivity contribution in [3.8, 4) is 17.9 Å². The van der Waals surface area contributed by atoms with E-state index in [4.69, 9.17) is 0 Å². The minimum Gasteiger partial charge on any atom is -0.394 e. The summed E-state index contributed by atoms with van der Waals surface area (Å²) in [5, 5.41) is 19.4. The van der Waals surface area contributed by atoms with E-state index in [2.05, 4.69) is 17.9 Å². The van der Waals surface area contributed by atoms with Crippen LogP contribution in [0, 0.1) is 35.0 Å². The fraction of sp³-hybridized carbons (Fsp3) is 0.524. The van der Waals surface area contributed by atoms with Crippen molar-refractivity contribution in [2.75, 3.05) is 6.61 Å². The number of aliphatic hydroxyl groups excluding tert-OH is 1. The molecule has 3 atom stereocenters. The van der Waals surface area contributed by atoms with Crippen molar-refractivity contribution in [3.63, 3.8) is 0 Å². The average Bonchev–Trinajstić information content (AvgIpc) is 2.52. The maximum atomic E-state index is 12.6. The summed E-state index contributed by atoms with van der Waals surface area (Å²) in [5.41, 5.74) is 1.92. The Morgan fingerprint density at radius 3 is 2.48 bits per heavy atom. The summed E-state index contributed by atoms with van der Waals surface area (Å²) >= 11 is 0. The highest BCUT2D eigenvalue weighted by atomic mass is 16.3. The van der Waals surface area contributed by atoms with E-state index < -0.39 is 6.04 Å². The van der Waals surface area contributed by atoms with Crippen LogP contribution in [0.5, 0.6) is 0 Å². The largest absolute Gasteiger partial charge is 0.394 e. The van der Waals surface area contributed by atoms with Crippen LogP contribution in [0.3, 0.4) is 0 Å². The van der Waals surface area contributed by atoms with Gasteiger partial charge in [-0.2, -0.15) is 5.26 Å². The lowest BCUT2D eigenvalue weighted by Gasteiger charge is -2.53. The molecule has 1 heterocycles. The number of nitrogens with zero attached hydrogens (tertiary/aromatic N) is 2. The van der Waals surface area contributed by atoms with E-state index in [1.165, 1.54) is 0 Å². The van der Waals surface area contributed by atoms with Crippen LogP contribution in [0.2, 0.25) is 0 Å². The summed E-state index contributed by atoms with van der Waals surface area (Å²) in [4.78, 5) is 14.2. The molecule has 1 aromatic rings. The smallest absolute Gasteiger partial charge is 0.227 e. The summed E-state index contributed by atoms with van der Waals surface area (Å²) in [5.74, 6) is 6.52. The first kappa shape index (κ1) is 17.5. The van der Waals surface area contributed by atoms with Gasteiger partial charge in [-0.05, 0) is 30.5 Å². The van der Waals surface area contributed by atoms with Crippen LogP contribution in [0.25, 0.3) is 0 Å². The molecule has 0 bridgehead atoms. The van der Waals surface area contributed by atoms with E-state index in [9.17, 15) is 15.2 Å². The Labute approximate surface area is 149 Å². The van der Waals surface area contributed by atoms with Crippen LogP contribution in [-0.4, -0.2) is 34.6 Å². The maximum absolute atomic E-state index is 12.6. The molecule has 1 amide bonds. The van der Waals surface area contributed by atoms with E-state index in [1.807, 2.05) is 38.1 Å². The number of hydrogen-bond donors (Lipinski definition) is 1. The SMILES string of the molecule is CC(C)C#Cc1ccc([C@@H]2[C@@H](C#N)N(C(=O)C3CCC3)[C@@H]2CO)cc1. The first-order chi connectivity index (χ1) is 12.1. The van der Waals surface area contributed by atoms with Crippen LogP contribution >= 0.6 is 0 Å². The Bertz CT molecular complexity index is 732. The molecule has 1 N–H and O–H groups in total. The second-order valence-corrected chi connectivity index (χ2v) is 7.27. The lowest BCUT2D eigenvalue weighted by atomic mass is 9.73. The zero-order chi connectivity index (χ0) is 18.0. The van der Waals surface area contributed by atoms with Crippen molar-refractivity contribution >= 4 is 5.91 Å². The fourth-order valence-corrected chi connectivity index (χ4v) is 3.59. The van der Waals surface area contributed by atoms with Crippen molar-refractivity contribution in [1.82, 2.24) is 4.90 Å². The first-order valence-corrected chi connectivity index (χ1v) is 9.01. The highest BCUT2D eigenvalue weighted by molar-refractivity contribution is 5.82. The molecule has 0 aromatic heterocycles. The van der Waals surface area contributed by atoms with Gasteiger partial charge in [-0.1, -0.05) is 44.2 Å². The minimum atomic E-state index is -0.488. The van der Waals surface area contributed by atoms with Gasteiger partial charge in [0.2, 0.25) is 5.91 Å². The average molecular weight is 336 g/mol. The Balaban J connectivity index is 1.78. The molecule has 4 heteroatoms. The van der Waals surface area contributed by atoms with Gasteiger partial charge in [0.1, 0.15) is 6.04 Å². The molecule has 4 nitrogen and oxygen atoms in total. The van der Waals surface area contributed by atoms with Crippen molar-refractivity contribution in [3.05, 3.63) is 35.4 Å². The highest BCUT2D eigenvalue weighted by Crippen LogP contribution is 2.43. The van der Waals surface area contributed by atoms with E-state index in [-0.39, 0.29) is 30.4 Å². The van der Waals surface area contributed by atoms with Gasteiger partial charge < -0.3 is 10.0 Å². The van der Waals surface area contributed by atoms with Gasteiger partial charge >= 0.3 is 0 Å². The third-order valence-corrected chi connectivity index (χ3v) is 5.24. The van der Waals surface area contributed by atoms with Crippen LogP contribution in [0.1, 0.15) is 50.2 Å². The standard InChI is InChI=1S/C21H24N2O2/c1-14(2)6-7-15-8-10-16(11-9-15)20-18(12-22)23(19(20)13-24)21(25)17-4-3-5-17/h8-11,14,17-20,24H,3-5,13H2,1-2H3/t18-,19-,20-/m1/s1. The zero-order valence-electron chi connectivity index (χ0n) is 14.8. The Kier molecular flexibility index (Phi) is 5.11. The van der Waals surface area contributed by atoms with Crippen molar-refractivity contribution in [1.29, 1.82) is 5.26 Å². The molecule has 130 valence electrons. The van der Waals surface area contributed by atoms with Gasteiger partial charge in [0.25, 0.3) is 0 Å². The Morgan fingerprint density at radius 2 is 2.00 bits per heavy atom. The van der Waals surface area contributed by atoms with Crippen LogP contribution in [0.15, 0.2) is 24.3 Å². The van der Waals surface area contributed by atoms with Gasteiger partial charge in [0, 0.05) is 23.3 Å². The Morgan fingerprint density at radius 1 is 1.32 bits per heavy atom. The second kappa shape index (κ2) is 7.30. The predicted octanol–water partition coefficient (Wildman–Crippen LogP) is 2.67. The van der Waals surface area contributed by atoms with Gasteiger partial charge in [-0.15, -0.1) is 0 Å². The van der Waals surface area contributed by atoms with E-state index in [0.29, 0.717) is 5.92 Å². The second-order valence-electron chi connectivity index (χ2n) is 7.27. The van der Waals surface area contributed by atoms with Gasteiger partial charge in [0.15, 0.2) is 0 Å². The molecule has 2 fully saturated rings. The molecule has 0 radical (unpaired) electrons. The molecule has 1 aliphatic heterocycles. The number of likely N-dealkylation sites (tertiary alicyclic amines) is 1. The first-order valence-electron chi connectivity index (χ1n) is 9.01. The van der Waals surface area contributed by atoms with Gasteiger partial charge in [-0.3, -0.25) is 4.79 Å². The molecular formula is C21H24N2O2. The third kappa shape index (κ3) is 3.28. The number of aliphatic hydroxyl groups is 1. The maximum Gasteiger partial charge on any atom is 0.227 e. The number of benzene rings is 1. The number of hydrogen-bond acceptors (Lipinski definition) is 3. The number of nitriles is 1. The van der Waals surface area contributed by atoms with Crippen LogP contribution in [0.4, 0.5) is 0 Å². The quantitative estimate of drug-likeness (QED) is 0.863. The van der Waals surface area contributed by atoms with Gasteiger partial charge in [0.05, 0.1) is 18.7 Å². The summed E-state index contributed by atoms with van der Waals surface area (Å²) in [6, 6.07) is 9.31. The molecule has 0 unspecified atom stereocenters. The number of carbonyl (C=O) groups excluding carboxylic acids is 1. The van der Waals surface area contributed by atoms with E-state index in [0.717, 1.165) is 30.4 Å².